The summed E-state index contributed by atoms with van der Waals surface area (Å²) in [6.07, 6.45) is 8.58. The first kappa shape index (κ1) is 68.3. The minimum Gasteiger partial charge on any atom is -0.548 e. The van der Waals surface area contributed by atoms with E-state index in [1.807, 2.05) is 0 Å². The number of carbonyl (C=O) groups is 6. The Morgan fingerprint density at radius 1 is 0.613 bits per heavy atom. The second-order valence-electron chi connectivity index (χ2n) is 18.4. The van der Waals surface area contributed by atoms with Crippen molar-refractivity contribution in [2.24, 2.45) is 5.73 Å². The maximum absolute atomic E-state index is 12.4. The van der Waals surface area contributed by atoms with Crippen molar-refractivity contribution in [3.05, 3.63) is 47.3 Å². The van der Waals surface area contributed by atoms with Gasteiger partial charge in [0.2, 0.25) is 5.91 Å². The molecule has 75 heavy (non-hydrogen) atoms. The third-order valence-corrected chi connectivity index (χ3v) is 8.92. The average molecular weight is 1080 g/mol. The zero-order valence-electron chi connectivity index (χ0n) is 45.4. The third kappa shape index (κ3) is 25.4. The summed E-state index contributed by atoms with van der Waals surface area (Å²) in [6, 6.07) is -2.77. The fourth-order valence-electron chi connectivity index (χ4n) is 5.64. The molecule has 3 atom stereocenters. The van der Waals surface area contributed by atoms with E-state index in [2.05, 4.69) is 51.3 Å². The molecule has 1 fully saturated rings. The fraction of sp³-hybridized carbons (Fsp3) is 0.600. The van der Waals surface area contributed by atoms with Crippen molar-refractivity contribution in [2.75, 3.05) is 61.8 Å². The van der Waals surface area contributed by atoms with Crippen LogP contribution in [-0.4, -0.2) is 182 Å². The summed E-state index contributed by atoms with van der Waals surface area (Å²) >= 11 is 0. The molecule has 0 bridgehead atoms. The van der Waals surface area contributed by atoms with Crippen molar-refractivity contribution < 1.29 is 106 Å². The molecule has 4 aliphatic heterocycles. The number of primary amides is 1. The van der Waals surface area contributed by atoms with Gasteiger partial charge in [0, 0.05) is 31.7 Å². The number of aliphatic carboxylic acids is 1. The number of nitrogens with one attached hydrogen (secondary N) is 1. The molecule has 6 rings (SSSR count). The molecule has 29 nitrogen and oxygen atoms in total. The van der Waals surface area contributed by atoms with Crippen LogP contribution in [0.5, 0.6) is 30.1 Å². The van der Waals surface area contributed by atoms with Gasteiger partial charge in [-0.25, -0.2) is 24.0 Å². The van der Waals surface area contributed by atoms with Crippen LogP contribution in [0.4, 0.5) is 14.4 Å². The first-order valence-corrected chi connectivity index (χ1v) is 22.4. The van der Waals surface area contributed by atoms with Crippen LogP contribution in [-0.2, 0) is 33.3 Å². The van der Waals surface area contributed by atoms with Crippen LogP contribution >= 0.6 is 0 Å². The predicted octanol–water partition coefficient (Wildman–Crippen LogP) is -1.13. The SMILES string of the molecule is CC(C)(C)OC(=O)N1C=CC[C@H]1C(=O)[O-].CC(C)(C)OC(=O)N1C=CC[C@H]1C(N)=O.CN1CCOCC1.COc1nc(OC)[nH]c(=O)n1.COc1nc(OC)nc(OC(=O)[C@@H]2CC=CN2C(=O)OC(C)(C)C)n1.N.[Na+]. The maximum Gasteiger partial charge on any atom is 1.00 e. The molecule has 6 N–H and O–H groups in total. The zero-order chi connectivity index (χ0) is 55.3. The smallest absolute Gasteiger partial charge is 0.548 e. The number of hydrogen-bond donors (Lipinski definition) is 3. The molecule has 414 valence electrons. The summed E-state index contributed by atoms with van der Waals surface area (Å²) < 4.78 is 44.7. The molecular formula is C45H71N12NaO17. The molecule has 4 amide bonds. The Labute approximate surface area is 457 Å². The van der Waals surface area contributed by atoms with E-state index in [0.29, 0.717) is 6.42 Å². The zero-order valence-corrected chi connectivity index (χ0v) is 47.4. The van der Waals surface area contributed by atoms with E-state index in [1.165, 1.54) is 56.8 Å². The van der Waals surface area contributed by atoms with Crippen LogP contribution in [0.3, 0.4) is 0 Å². The number of amides is 4. The van der Waals surface area contributed by atoms with Crippen LogP contribution < -0.4 is 75.9 Å². The predicted molar refractivity (Wildman–Crippen MR) is 259 cm³/mol. The second kappa shape index (κ2) is 31.9. The number of nitrogens with zero attached hydrogens (tertiary/aromatic N) is 9. The number of esters is 1. The number of aromatic amines is 1. The van der Waals surface area contributed by atoms with Crippen molar-refractivity contribution in [1.29, 1.82) is 0 Å². The third-order valence-electron chi connectivity index (χ3n) is 8.92. The summed E-state index contributed by atoms with van der Waals surface area (Å²) in [6.45, 7) is 19.7. The Kier molecular flexibility index (Phi) is 29.1. The molecule has 0 radical (unpaired) electrons. The van der Waals surface area contributed by atoms with Gasteiger partial charge in [-0.05, 0) is 88.6 Å². The summed E-state index contributed by atoms with van der Waals surface area (Å²) in [7, 11) is 7.57. The van der Waals surface area contributed by atoms with E-state index in [0.717, 1.165) is 31.2 Å². The molecule has 2 aromatic heterocycles. The van der Waals surface area contributed by atoms with E-state index in [4.69, 9.17) is 38.9 Å². The molecule has 0 saturated carbocycles. The van der Waals surface area contributed by atoms with Gasteiger partial charge in [0.1, 0.15) is 28.9 Å². The minimum atomic E-state index is -1.27. The van der Waals surface area contributed by atoms with Gasteiger partial charge < -0.3 is 69.3 Å². The normalized spacial score (nSPS) is 17.4. The number of methoxy groups -OCH3 is 4. The van der Waals surface area contributed by atoms with E-state index in [9.17, 15) is 38.7 Å². The van der Waals surface area contributed by atoms with Crippen LogP contribution in [0.25, 0.3) is 0 Å². The standard InChI is InChI=1S/C15H20N4O6.C10H16N2O3.C10H15NO4.C5H7N3O3.C5H11NO.H3N.Na/c1-15(2,3)25-14(21)19-8-6-7-9(19)10(20)24-13-17-11(22-4)16-12(18-13)23-5;1-10(2,3)15-9(14)12-6-4-5-7(12)8(11)13;1-10(2,3)15-9(14)11-6-4-5-7(11)8(12)13;1-10-4-6-3(9)7-5(8-4)11-2;1-6-2-4-7-5-3-6;;/h6,8-9H,7H2,1-5H3;4,6-7H,5H2,1-3H3,(H2,11,13);4,6-7H,5H2,1-3H3,(H,12,13);1-2H3,(H,6,7,8,9);2-5H2,1H3;1H3;/q;;;;;;+1/p-1/t9-;2*7-;;;;/m000..../s1. The second-order valence-corrected chi connectivity index (χ2v) is 18.4. The average Bonchev–Trinajstić information content (AvgIpc) is 4.11. The number of carbonyl (C=O) groups excluding carboxylic acids is 6. The molecule has 0 unspecified atom stereocenters. The van der Waals surface area contributed by atoms with Crippen molar-refractivity contribution in [3.63, 3.8) is 0 Å². The quantitative estimate of drug-likeness (QED) is 0.160. The van der Waals surface area contributed by atoms with Crippen LogP contribution in [0.15, 0.2) is 41.6 Å². The number of hydrogen-bond acceptors (Lipinski definition) is 24. The number of aromatic nitrogens is 6. The minimum absolute atomic E-state index is 0. The molecule has 6 heterocycles. The van der Waals surface area contributed by atoms with E-state index >= 15 is 0 Å². The number of H-pyrrole nitrogens is 1. The molecule has 0 aliphatic carbocycles. The van der Waals surface area contributed by atoms with Crippen molar-refractivity contribution >= 4 is 36.1 Å². The molecule has 0 aromatic carbocycles. The number of nitrogens with two attached hydrogens (primary N) is 1. The Morgan fingerprint density at radius 3 is 1.35 bits per heavy atom. The number of likely N-dealkylation sites (N-methyl/N-ethyl adjacent to an activating group) is 1. The first-order chi connectivity index (χ1) is 34.0. The van der Waals surface area contributed by atoms with Gasteiger partial charge in [-0.15, -0.1) is 24.9 Å². The Hall–Kier alpha value is -6.66. The van der Waals surface area contributed by atoms with E-state index in [-0.39, 0.29) is 78.6 Å². The van der Waals surface area contributed by atoms with Gasteiger partial charge in [0.25, 0.3) is 0 Å². The monoisotopic (exact) mass is 1070 g/mol. The molecule has 30 heteroatoms. The largest absolute Gasteiger partial charge is 1.00 e. The van der Waals surface area contributed by atoms with Gasteiger partial charge in [-0.3, -0.25) is 24.5 Å². The fourth-order valence-corrected chi connectivity index (χ4v) is 5.64. The van der Waals surface area contributed by atoms with Crippen LogP contribution in [0.1, 0.15) is 81.6 Å². The number of ether oxygens (including phenoxy) is 9. The number of rotatable bonds is 8. The van der Waals surface area contributed by atoms with Crippen LogP contribution in [0, 0.1) is 0 Å². The molecule has 4 aliphatic rings. The van der Waals surface area contributed by atoms with Gasteiger partial charge >= 0.3 is 89.5 Å². The maximum atomic E-state index is 12.4. The van der Waals surface area contributed by atoms with E-state index < -0.39 is 76.7 Å². The number of morpholine rings is 1. The first-order valence-electron chi connectivity index (χ1n) is 22.4. The molecular weight excluding hydrogens is 1000 g/mol. The summed E-state index contributed by atoms with van der Waals surface area (Å²) in [4.78, 5) is 107. The summed E-state index contributed by atoms with van der Waals surface area (Å²) in [5, 5.41) is 10.7. The van der Waals surface area contributed by atoms with E-state index in [1.54, 1.807) is 80.5 Å². The van der Waals surface area contributed by atoms with Crippen LogP contribution in [0.2, 0.25) is 0 Å². The molecule has 0 spiro atoms. The Morgan fingerprint density at radius 2 is 0.987 bits per heavy atom. The molecule has 1 saturated heterocycles. The number of carboxylic acid groups (broad SMARTS) is 1. The Balaban J connectivity index is 0.000000958. The summed E-state index contributed by atoms with van der Waals surface area (Å²) in [5.41, 5.74) is 2.72. The van der Waals surface area contributed by atoms with Crippen molar-refractivity contribution in [2.45, 2.75) is 117 Å². The number of carboxylic acids is 1. The summed E-state index contributed by atoms with van der Waals surface area (Å²) in [5.74, 6) is -2.51. The topological polar surface area (TPSA) is 380 Å². The van der Waals surface area contributed by atoms with Crippen molar-refractivity contribution in [3.8, 4) is 30.1 Å². The van der Waals surface area contributed by atoms with Gasteiger partial charge in [-0.2, -0.15) is 0 Å². The van der Waals surface area contributed by atoms with Gasteiger partial charge in [0.05, 0.1) is 53.7 Å². The molecule has 2 aromatic rings. The van der Waals surface area contributed by atoms with Gasteiger partial charge in [0.15, 0.2) is 0 Å². The van der Waals surface area contributed by atoms with Gasteiger partial charge in [-0.1, -0.05) is 18.2 Å². The van der Waals surface area contributed by atoms with Crippen molar-refractivity contribution in [1.82, 2.24) is 55.7 Å². The Bertz CT molecular complexity index is 2220.